The summed E-state index contributed by atoms with van der Waals surface area (Å²) in [7, 11) is 0. The van der Waals surface area contributed by atoms with Crippen LogP contribution in [0.4, 0.5) is 5.69 Å². The standard InChI is InChI=1S/C18H18BrN3OS2/c19-13-6-7-16(23)15(12-13)17(24)21-8-10-22(11-9-21)18(25)20-14-4-2-1-3-5-14/h1-7,12,23H,8-11H2,(H,20,25). The van der Waals surface area contributed by atoms with Gasteiger partial charge in [0.25, 0.3) is 0 Å². The molecule has 4 nitrogen and oxygen atoms in total. The molecule has 1 fully saturated rings. The van der Waals surface area contributed by atoms with Gasteiger partial charge in [-0.2, -0.15) is 0 Å². The summed E-state index contributed by atoms with van der Waals surface area (Å²) in [6, 6.07) is 15.2. The highest BCUT2D eigenvalue weighted by molar-refractivity contribution is 9.10. The second kappa shape index (κ2) is 8.12. The Bertz CT molecular complexity index is 777. The van der Waals surface area contributed by atoms with Crippen molar-refractivity contribution in [3.05, 3.63) is 58.6 Å². The Morgan fingerprint density at radius 2 is 1.60 bits per heavy atom. The third-order valence-corrected chi connectivity index (χ3v) is 5.40. The first-order valence-electron chi connectivity index (χ1n) is 7.93. The van der Waals surface area contributed by atoms with Crippen molar-refractivity contribution in [3.63, 3.8) is 0 Å². The van der Waals surface area contributed by atoms with Crippen LogP contribution in [0.15, 0.2) is 53.0 Å². The minimum absolute atomic E-state index is 0.205. The first-order chi connectivity index (χ1) is 12.0. The van der Waals surface area contributed by atoms with Gasteiger partial charge in [0.15, 0.2) is 5.11 Å². The lowest BCUT2D eigenvalue weighted by Crippen LogP contribution is -2.51. The average molecular weight is 436 g/mol. The molecule has 0 bridgehead atoms. The number of benzene rings is 2. The van der Waals surface area contributed by atoms with Gasteiger partial charge in [-0.1, -0.05) is 46.3 Å². The molecule has 0 unspecified atom stereocenters. The first kappa shape index (κ1) is 18.1. The molecule has 0 amide bonds. The number of hydrogen-bond acceptors (Lipinski definition) is 3. The van der Waals surface area contributed by atoms with Crippen LogP contribution < -0.4 is 5.32 Å². The van der Waals surface area contributed by atoms with Crippen molar-refractivity contribution in [2.75, 3.05) is 31.5 Å². The number of hydrogen-bond donors (Lipinski definition) is 2. The molecule has 3 rings (SSSR count). The summed E-state index contributed by atoms with van der Waals surface area (Å²) in [5.41, 5.74) is 1.67. The maximum absolute atomic E-state index is 10.1. The molecule has 1 heterocycles. The molecule has 25 heavy (non-hydrogen) atoms. The molecule has 130 valence electrons. The Labute approximate surface area is 166 Å². The van der Waals surface area contributed by atoms with Gasteiger partial charge in [0.2, 0.25) is 0 Å². The largest absolute Gasteiger partial charge is 0.507 e. The van der Waals surface area contributed by atoms with Crippen LogP contribution in [0.5, 0.6) is 5.75 Å². The number of rotatable bonds is 2. The molecule has 2 aromatic carbocycles. The van der Waals surface area contributed by atoms with Crippen LogP contribution in [0.3, 0.4) is 0 Å². The van der Waals surface area contributed by atoms with E-state index in [9.17, 15) is 5.11 Å². The number of nitrogens with one attached hydrogen (secondary N) is 1. The SMILES string of the molecule is Oc1ccc(Br)cc1C(=S)N1CCN(C(=S)Nc2ccccc2)CC1. The third-order valence-electron chi connectivity index (χ3n) is 4.07. The van der Waals surface area contributed by atoms with Gasteiger partial charge >= 0.3 is 0 Å². The number of phenolic OH excluding ortho intramolecular Hbond substituents is 1. The Balaban J connectivity index is 1.59. The molecule has 0 aromatic heterocycles. The Morgan fingerprint density at radius 1 is 0.960 bits per heavy atom. The summed E-state index contributed by atoms with van der Waals surface area (Å²) >= 11 is 14.5. The lowest BCUT2D eigenvalue weighted by Gasteiger charge is -2.37. The lowest BCUT2D eigenvalue weighted by molar-refractivity contribution is 0.264. The summed E-state index contributed by atoms with van der Waals surface area (Å²) < 4.78 is 0.898. The number of halogens is 1. The van der Waals surface area contributed by atoms with Gasteiger partial charge in [0.1, 0.15) is 10.7 Å². The molecule has 2 aromatic rings. The van der Waals surface area contributed by atoms with Crippen molar-refractivity contribution in [3.8, 4) is 5.75 Å². The fourth-order valence-electron chi connectivity index (χ4n) is 2.69. The highest BCUT2D eigenvalue weighted by Gasteiger charge is 2.22. The summed E-state index contributed by atoms with van der Waals surface area (Å²) in [6.45, 7) is 3.10. The van der Waals surface area contributed by atoms with Crippen molar-refractivity contribution in [2.45, 2.75) is 0 Å². The zero-order chi connectivity index (χ0) is 17.8. The molecule has 0 atom stereocenters. The van der Waals surface area contributed by atoms with Gasteiger partial charge in [0, 0.05) is 36.3 Å². The zero-order valence-electron chi connectivity index (χ0n) is 13.5. The van der Waals surface area contributed by atoms with E-state index in [1.54, 1.807) is 12.1 Å². The lowest BCUT2D eigenvalue weighted by atomic mass is 10.1. The fourth-order valence-corrected chi connectivity index (χ4v) is 3.69. The third kappa shape index (κ3) is 4.48. The number of anilines is 1. The predicted molar refractivity (Wildman–Crippen MR) is 113 cm³/mol. The van der Waals surface area contributed by atoms with Crippen molar-refractivity contribution >= 4 is 56.2 Å². The normalized spacial score (nSPS) is 14.3. The molecule has 0 radical (unpaired) electrons. The van der Waals surface area contributed by atoms with Gasteiger partial charge in [-0.3, -0.25) is 0 Å². The van der Waals surface area contributed by atoms with E-state index < -0.39 is 0 Å². The van der Waals surface area contributed by atoms with E-state index >= 15 is 0 Å². The van der Waals surface area contributed by atoms with Crippen molar-refractivity contribution in [2.24, 2.45) is 0 Å². The van der Waals surface area contributed by atoms with Gasteiger partial charge in [-0.25, -0.2) is 0 Å². The average Bonchev–Trinajstić information content (AvgIpc) is 2.64. The molecule has 0 spiro atoms. The van der Waals surface area contributed by atoms with Crippen LogP contribution in [-0.4, -0.2) is 51.2 Å². The van der Waals surface area contributed by atoms with Crippen LogP contribution in [0.1, 0.15) is 5.56 Å². The van der Waals surface area contributed by atoms with Gasteiger partial charge < -0.3 is 20.2 Å². The molecule has 1 aliphatic rings. The smallest absolute Gasteiger partial charge is 0.173 e. The van der Waals surface area contributed by atoms with Crippen LogP contribution in [-0.2, 0) is 0 Å². The van der Waals surface area contributed by atoms with Crippen LogP contribution in [0.25, 0.3) is 0 Å². The van der Waals surface area contributed by atoms with E-state index in [1.165, 1.54) is 0 Å². The number of piperazine rings is 1. The molecule has 0 aliphatic carbocycles. The molecule has 2 N–H and O–H groups in total. The maximum atomic E-state index is 10.1. The summed E-state index contributed by atoms with van der Waals surface area (Å²) in [4.78, 5) is 4.92. The van der Waals surface area contributed by atoms with E-state index in [0.29, 0.717) is 10.6 Å². The van der Waals surface area contributed by atoms with Crippen molar-refractivity contribution in [1.82, 2.24) is 9.80 Å². The van der Waals surface area contributed by atoms with Crippen LogP contribution >= 0.6 is 40.4 Å². The Kier molecular flexibility index (Phi) is 5.88. The minimum atomic E-state index is 0.205. The zero-order valence-corrected chi connectivity index (χ0v) is 16.7. The van der Waals surface area contributed by atoms with Crippen LogP contribution in [0, 0.1) is 0 Å². The number of thiocarbonyl (C=S) groups is 2. The molecule has 0 saturated carbocycles. The van der Waals surface area contributed by atoms with Crippen molar-refractivity contribution in [1.29, 1.82) is 0 Å². The van der Waals surface area contributed by atoms with E-state index in [4.69, 9.17) is 24.4 Å². The highest BCUT2D eigenvalue weighted by Crippen LogP contribution is 2.24. The topological polar surface area (TPSA) is 38.7 Å². The van der Waals surface area contributed by atoms with Crippen molar-refractivity contribution < 1.29 is 5.11 Å². The second-order valence-electron chi connectivity index (χ2n) is 5.74. The molecule has 1 saturated heterocycles. The van der Waals surface area contributed by atoms with Gasteiger partial charge in [0.05, 0.1) is 5.56 Å². The van der Waals surface area contributed by atoms with Crippen LogP contribution in [0.2, 0.25) is 0 Å². The summed E-state index contributed by atoms with van der Waals surface area (Å²) in [5, 5.41) is 14.1. The van der Waals surface area contributed by atoms with E-state index in [0.717, 1.165) is 41.5 Å². The Morgan fingerprint density at radius 3 is 2.28 bits per heavy atom. The molecule has 1 aliphatic heterocycles. The fraction of sp³-hybridized carbons (Fsp3) is 0.222. The minimum Gasteiger partial charge on any atom is -0.507 e. The quantitative estimate of drug-likeness (QED) is 0.697. The molecule has 7 heteroatoms. The second-order valence-corrected chi connectivity index (χ2v) is 7.43. The first-order valence-corrected chi connectivity index (χ1v) is 9.54. The number of aromatic hydroxyl groups is 1. The van der Waals surface area contributed by atoms with Gasteiger partial charge in [-0.15, -0.1) is 0 Å². The maximum Gasteiger partial charge on any atom is 0.173 e. The van der Waals surface area contributed by atoms with Gasteiger partial charge in [-0.05, 0) is 42.5 Å². The van der Waals surface area contributed by atoms with E-state index in [-0.39, 0.29) is 5.75 Å². The van der Waals surface area contributed by atoms with E-state index in [2.05, 4.69) is 31.0 Å². The highest BCUT2D eigenvalue weighted by atomic mass is 79.9. The number of para-hydroxylation sites is 1. The molecular formula is C18H18BrN3OS2. The number of nitrogens with zero attached hydrogens (tertiary/aromatic N) is 2. The monoisotopic (exact) mass is 435 g/mol. The molecular weight excluding hydrogens is 418 g/mol. The summed E-state index contributed by atoms with van der Waals surface area (Å²) in [5.74, 6) is 0.205. The Hall–Kier alpha value is -1.70. The summed E-state index contributed by atoms with van der Waals surface area (Å²) in [6.07, 6.45) is 0. The van der Waals surface area contributed by atoms with E-state index in [1.807, 2.05) is 36.4 Å². The predicted octanol–water partition coefficient (Wildman–Crippen LogP) is 3.84. The number of phenols is 1.